The van der Waals surface area contributed by atoms with E-state index >= 15 is 0 Å². The number of furan rings is 1. The first-order chi connectivity index (χ1) is 19.0. The SMILES string of the molecule is Cc1cccc(C2SCC(=O)N(CC(=O)NCc3ccco3)c3c2c(C(C)(C)C)nn3-c2cccc(C)c2C)c1. The number of fused-ring (bicyclic) bond motifs is 1. The van der Waals surface area contributed by atoms with Gasteiger partial charge in [0.2, 0.25) is 11.8 Å². The van der Waals surface area contributed by atoms with Crippen LogP contribution in [-0.2, 0) is 21.5 Å². The van der Waals surface area contributed by atoms with Crippen molar-refractivity contribution in [1.82, 2.24) is 15.1 Å². The summed E-state index contributed by atoms with van der Waals surface area (Å²) in [6, 6.07) is 18.1. The van der Waals surface area contributed by atoms with E-state index < -0.39 is 0 Å². The van der Waals surface area contributed by atoms with Crippen molar-refractivity contribution in [3.63, 3.8) is 0 Å². The largest absolute Gasteiger partial charge is 0.467 e. The van der Waals surface area contributed by atoms with Crippen LogP contribution in [0.5, 0.6) is 0 Å². The van der Waals surface area contributed by atoms with Gasteiger partial charge in [0.05, 0.1) is 35.2 Å². The molecule has 0 saturated carbocycles. The zero-order valence-electron chi connectivity index (χ0n) is 23.9. The lowest BCUT2D eigenvalue weighted by atomic mass is 9.87. The fourth-order valence-electron chi connectivity index (χ4n) is 5.10. The fraction of sp³-hybridized carbons (Fsp3) is 0.344. The summed E-state index contributed by atoms with van der Waals surface area (Å²) in [5.41, 5.74) is 6.97. The number of carbonyl (C=O) groups is 2. The quantitative estimate of drug-likeness (QED) is 0.307. The van der Waals surface area contributed by atoms with Gasteiger partial charge in [-0.2, -0.15) is 5.10 Å². The number of rotatable bonds is 6. The lowest BCUT2D eigenvalue weighted by Gasteiger charge is -2.25. The Morgan fingerprint density at radius 2 is 1.88 bits per heavy atom. The summed E-state index contributed by atoms with van der Waals surface area (Å²) in [6.07, 6.45) is 1.57. The van der Waals surface area contributed by atoms with Crippen LogP contribution in [-0.4, -0.2) is 33.9 Å². The first-order valence-electron chi connectivity index (χ1n) is 13.5. The zero-order valence-corrected chi connectivity index (χ0v) is 24.8. The van der Waals surface area contributed by atoms with Crippen LogP contribution in [0.4, 0.5) is 5.82 Å². The average Bonchev–Trinajstić information content (AvgIpc) is 3.53. The Bertz CT molecular complexity index is 1550. The normalized spacial score (nSPS) is 15.6. The van der Waals surface area contributed by atoms with Crippen LogP contribution < -0.4 is 10.2 Å². The van der Waals surface area contributed by atoms with Crippen LogP contribution in [0.3, 0.4) is 0 Å². The van der Waals surface area contributed by atoms with Crippen molar-refractivity contribution in [2.75, 3.05) is 17.2 Å². The highest BCUT2D eigenvalue weighted by Crippen LogP contribution is 2.48. The molecule has 208 valence electrons. The predicted octanol–water partition coefficient (Wildman–Crippen LogP) is 6.17. The van der Waals surface area contributed by atoms with Gasteiger partial charge in [-0.1, -0.05) is 62.7 Å². The van der Waals surface area contributed by atoms with Crippen LogP contribution in [0.2, 0.25) is 0 Å². The molecule has 0 fully saturated rings. The molecule has 2 amide bonds. The van der Waals surface area contributed by atoms with Gasteiger partial charge in [-0.15, -0.1) is 11.8 Å². The van der Waals surface area contributed by atoms with E-state index in [2.05, 4.69) is 77.2 Å². The molecule has 7 nitrogen and oxygen atoms in total. The number of nitrogens with zero attached hydrogens (tertiary/aromatic N) is 3. The van der Waals surface area contributed by atoms with Crippen molar-refractivity contribution in [2.45, 2.75) is 58.8 Å². The maximum Gasteiger partial charge on any atom is 0.240 e. The van der Waals surface area contributed by atoms with Crippen molar-refractivity contribution >= 4 is 29.4 Å². The molecule has 0 aliphatic carbocycles. The number of thioether (sulfide) groups is 1. The highest BCUT2D eigenvalue weighted by atomic mass is 32.2. The average molecular weight is 557 g/mol. The summed E-state index contributed by atoms with van der Waals surface area (Å²) in [7, 11) is 0. The molecule has 1 aliphatic heterocycles. The molecular weight excluding hydrogens is 520 g/mol. The maximum atomic E-state index is 13.8. The van der Waals surface area contributed by atoms with Gasteiger partial charge in [0.15, 0.2) is 0 Å². The van der Waals surface area contributed by atoms with E-state index in [4.69, 9.17) is 9.52 Å². The third kappa shape index (κ3) is 5.45. The van der Waals surface area contributed by atoms with Crippen LogP contribution in [0, 0.1) is 20.8 Å². The molecule has 1 unspecified atom stereocenters. The number of aromatic nitrogens is 2. The Labute approximate surface area is 239 Å². The smallest absolute Gasteiger partial charge is 0.240 e. The van der Waals surface area contributed by atoms with Gasteiger partial charge in [0.1, 0.15) is 18.1 Å². The zero-order chi connectivity index (χ0) is 28.6. The van der Waals surface area contributed by atoms with Gasteiger partial charge in [0.25, 0.3) is 0 Å². The van der Waals surface area contributed by atoms with E-state index in [1.54, 1.807) is 29.0 Å². The molecule has 4 aromatic rings. The molecule has 40 heavy (non-hydrogen) atoms. The van der Waals surface area contributed by atoms with Crippen molar-refractivity contribution in [1.29, 1.82) is 0 Å². The summed E-state index contributed by atoms with van der Waals surface area (Å²) in [6.45, 7) is 12.8. The van der Waals surface area contributed by atoms with Crippen LogP contribution in [0.25, 0.3) is 5.69 Å². The Balaban J connectivity index is 1.71. The maximum absolute atomic E-state index is 13.8. The molecule has 8 heteroatoms. The third-order valence-electron chi connectivity index (χ3n) is 7.29. The predicted molar refractivity (Wildman–Crippen MR) is 160 cm³/mol. The van der Waals surface area contributed by atoms with E-state index in [-0.39, 0.29) is 41.3 Å². The standard InChI is InChI=1S/C32H36N4O3S/c1-20-10-7-12-23(16-20)29-28-30(32(4,5)6)34-36(25-14-8-11-21(2)22(25)3)31(28)35(27(38)19-40-29)18-26(37)33-17-24-13-9-15-39-24/h7-16,29H,17-19H2,1-6H3,(H,33,37). The molecule has 0 radical (unpaired) electrons. The van der Waals surface area contributed by atoms with Gasteiger partial charge < -0.3 is 9.73 Å². The number of hydrogen-bond donors (Lipinski definition) is 1. The number of benzene rings is 2. The molecule has 1 aliphatic rings. The Morgan fingerprint density at radius 3 is 2.58 bits per heavy atom. The molecular formula is C32H36N4O3S. The number of hydrogen-bond acceptors (Lipinski definition) is 5. The highest BCUT2D eigenvalue weighted by molar-refractivity contribution is 8.00. The summed E-state index contributed by atoms with van der Waals surface area (Å²) in [5.74, 6) is 1.17. The topological polar surface area (TPSA) is 80.4 Å². The van der Waals surface area contributed by atoms with Gasteiger partial charge in [-0.05, 0) is 55.7 Å². The molecule has 2 aromatic heterocycles. The van der Waals surface area contributed by atoms with Crippen molar-refractivity contribution in [2.24, 2.45) is 0 Å². The molecule has 1 N–H and O–H groups in total. The second-order valence-electron chi connectivity index (χ2n) is 11.4. The monoisotopic (exact) mass is 556 g/mol. The highest BCUT2D eigenvalue weighted by Gasteiger charge is 2.40. The van der Waals surface area contributed by atoms with Crippen molar-refractivity contribution < 1.29 is 14.0 Å². The van der Waals surface area contributed by atoms with E-state index in [9.17, 15) is 9.59 Å². The van der Waals surface area contributed by atoms with Crippen LogP contribution >= 0.6 is 11.8 Å². The summed E-state index contributed by atoms with van der Waals surface area (Å²) in [5, 5.41) is 8.00. The number of aryl methyl sites for hydroxylation is 2. The number of amides is 2. The van der Waals surface area contributed by atoms with Crippen LogP contribution in [0.1, 0.15) is 65.3 Å². The molecule has 1 atom stereocenters. The number of carbonyl (C=O) groups excluding carboxylic acids is 2. The van der Waals surface area contributed by atoms with E-state index in [0.29, 0.717) is 11.6 Å². The number of anilines is 1. The first kappa shape index (κ1) is 27.8. The summed E-state index contributed by atoms with van der Waals surface area (Å²) < 4.78 is 7.27. The fourth-order valence-corrected chi connectivity index (χ4v) is 6.29. The summed E-state index contributed by atoms with van der Waals surface area (Å²) >= 11 is 1.59. The first-order valence-corrected chi connectivity index (χ1v) is 14.6. The minimum atomic E-state index is -0.309. The Hall–Kier alpha value is -3.78. The lowest BCUT2D eigenvalue weighted by Crippen LogP contribution is -2.42. The molecule has 2 aromatic carbocycles. The van der Waals surface area contributed by atoms with Crippen LogP contribution in [0.15, 0.2) is 65.3 Å². The van der Waals surface area contributed by atoms with Gasteiger partial charge in [-0.3, -0.25) is 14.5 Å². The molecule has 3 heterocycles. The van der Waals surface area contributed by atoms with E-state index in [0.717, 1.165) is 39.2 Å². The van der Waals surface area contributed by atoms with Gasteiger partial charge in [0, 0.05) is 11.0 Å². The Kier molecular flexibility index (Phi) is 7.64. The second-order valence-corrected chi connectivity index (χ2v) is 12.5. The molecule has 0 spiro atoms. The minimum Gasteiger partial charge on any atom is -0.467 e. The lowest BCUT2D eigenvalue weighted by molar-refractivity contribution is -0.123. The van der Waals surface area contributed by atoms with Gasteiger partial charge in [-0.25, -0.2) is 4.68 Å². The number of nitrogens with one attached hydrogen (secondary N) is 1. The van der Waals surface area contributed by atoms with Crippen molar-refractivity contribution in [3.05, 3.63) is 100 Å². The molecule has 0 bridgehead atoms. The molecule has 5 rings (SSSR count). The van der Waals surface area contributed by atoms with Crippen molar-refractivity contribution in [3.8, 4) is 5.69 Å². The Morgan fingerprint density at radius 1 is 1.10 bits per heavy atom. The van der Waals surface area contributed by atoms with E-state index in [1.165, 1.54) is 0 Å². The molecule has 0 saturated heterocycles. The minimum absolute atomic E-state index is 0.117. The summed E-state index contributed by atoms with van der Waals surface area (Å²) in [4.78, 5) is 28.7. The second kappa shape index (κ2) is 11.0. The van der Waals surface area contributed by atoms with Gasteiger partial charge >= 0.3 is 0 Å². The van der Waals surface area contributed by atoms with E-state index in [1.807, 2.05) is 22.9 Å². The third-order valence-corrected chi connectivity index (χ3v) is 8.54.